The summed E-state index contributed by atoms with van der Waals surface area (Å²) >= 11 is 2.78. The Morgan fingerprint density at radius 3 is 1.32 bits per heavy atom. The quantitative estimate of drug-likeness (QED) is 0.359. The van der Waals surface area contributed by atoms with E-state index in [4.69, 9.17) is 18.9 Å². The van der Waals surface area contributed by atoms with E-state index in [1.54, 1.807) is 53.7 Å². The second-order valence-electron chi connectivity index (χ2n) is 11.5. The van der Waals surface area contributed by atoms with E-state index in [2.05, 4.69) is 10.6 Å². The van der Waals surface area contributed by atoms with Crippen LogP contribution in [0.15, 0.2) is 43.9 Å². The number of anilines is 2. The summed E-state index contributed by atoms with van der Waals surface area (Å²) in [6, 6.07) is 5.01. The molecule has 2 aromatic heterocycles. The van der Waals surface area contributed by atoms with Crippen LogP contribution in [0.25, 0.3) is 0 Å². The molecule has 2 amide bonds. The van der Waals surface area contributed by atoms with Crippen molar-refractivity contribution in [3.05, 3.63) is 45.0 Å². The standard InChI is InChI=1S/2C14H18N2O5S/c2*1-14(2,3)21-13(19)15-8-5-6-10-16(11(8)17)9(7-22-10)12(18)20-4/h2*5-6,9H,7H2,1-4H3,(H,15,19)/t2*9-/m00/s1. The predicted octanol–water partition coefficient (Wildman–Crippen LogP) is 4.03. The molecule has 0 radical (unpaired) electrons. The van der Waals surface area contributed by atoms with Crippen LogP contribution in [0.4, 0.5) is 21.0 Å². The number of fused-ring (bicyclic) bond motifs is 2. The molecule has 2 aliphatic rings. The number of hydrogen-bond acceptors (Lipinski definition) is 12. The van der Waals surface area contributed by atoms with Crippen LogP contribution in [0.3, 0.4) is 0 Å². The fraction of sp³-hybridized carbons (Fsp3) is 0.500. The third-order valence-corrected chi connectivity index (χ3v) is 8.00. The van der Waals surface area contributed by atoms with Gasteiger partial charge in [-0.3, -0.25) is 29.4 Å². The molecule has 0 saturated heterocycles. The number of esters is 2. The maximum absolute atomic E-state index is 12.5. The molecular formula is C28H36N4O10S2. The van der Waals surface area contributed by atoms with Crippen molar-refractivity contribution >= 4 is 59.0 Å². The van der Waals surface area contributed by atoms with Gasteiger partial charge in [0.15, 0.2) is 0 Å². The lowest BCUT2D eigenvalue weighted by Gasteiger charge is -2.20. The van der Waals surface area contributed by atoms with Gasteiger partial charge in [0.25, 0.3) is 11.1 Å². The zero-order valence-corrected chi connectivity index (χ0v) is 27.3. The van der Waals surface area contributed by atoms with Crippen molar-refractivity contribution < 1.29 is 38.1 Å². The van der Waals surface area contributed by atoms with Gasteiger partial charge in [0.05, 0.1) is 24.3 Å². The Bertz CT molecular complexity index is 1440. The maximum atomic E-state index is 12.5. The minimum atomic E-state index is -0.717. The molecule has 0 spiro atoms. The molecule has 0 aromatic carbocycles. The number of carbonyl (C=O) groups is 4. The van der Waals surface area contributed by atoms with E-state index < -0.39 is 58.5 Å². The van der Waals surface area contributed by atoms with Crippen molar-refractivity contribution in [2.75, 3.05) is 36.4 Å². The topological polar surface area (TPSA) is 173 Å². The van der Waals surface area contributed by atoms with Gasteiger partial charge in [0.2, 0.25) is 0 Å². The molecule has 16 heteroatoms. The van der Waals surface area contributed by atoms with E-state index in [0.29, 0.717) is 21.6 Å². The van der Waals surface area contributed by atoms with Gasteiger partial charge in [-0.1, -0.05) is 0 Å². The zero-order chi connectivity index (χ0) is 33.0. The highest BCUT2D eigenvalue weighted by atomic mass is 32.2. The molecule has 44 heavy (non-hydrogen) atoms. The Balaban J connectivity index is 0.000000240. The van der Waals surface area contributed by atoms with Crippen molar-refractivity contribution in [3.8, 4) is 0 Å². The largest absolute Gasteiger partial charge is 0.467 e. The highest BCUT2D eigenvalue weighted by Gasteiger charge is 2.33. The van der Waals surface area contributed by atoms with E-state index in [0.717, 1.165) is 0 Å². The Kier molecular flexibility index (Phi) is 10.8. The number of aromatic nitrogens is 2. The van der Waals surface area contributed by atoms with Gasteiger partial charge in [-0.2, -0.15) is 0 Å². The number of hydrogen-bond donors (Lipinski definition) is 2. The summed E-state index contributed by atoms with van der Waals surface area (Å²) in [7, 11) is 2.55. The molecule has 240 valence electrons. The molecule has 4 heterocycles. The molecule has 2 aromatic rings. The summed E-state index contributed by atoms with van der Waals surface area (Å²) in [5, 5.41) is 6.16. The van der Waals surface area contributed by atoms with Gasteiger partial charge in [0, 0.05) is 11.5 Å². The molecule has 0 unspecified atom stereocenters. The van der Waals surface area contributed by atoms with Crippen molar-refractivity contribution in [2.24, 2.45) is 0 Å². The SMILES string of the molecule is COC(=O)[C@@H]1CSc2ccc(NC(=O)OC(C)(C)C)c(=O)n21.COC(=O)[C@@H]1CSc2ccc(NC(=O)OC(C)(C)C)c(=O)n21. The van der Waals surface area contributed by atoms with Gasteiger partial charge in [-0.05, 0) is 65.8 Å². The second-order valence-corrected chi connectivity index (χ2v) is 13.6. The first-order valence-electron chi connectivity index (χ1n) is 13.4. The second kappa shape index (κ2) is 13.8. The number of nitrogens with one attached hydrogen (secondary N) is 2. The van der Waals surface area contributed by atoms with Gasteiger partial charge in [0.1, 0.15) is 34.7 Å². The van der Waals surface area contributed by atoms with Crippen LogP contribution in [0, 0.1) is 0 Å². The number of pyridine rings is 2. The fourth-order valence-electron chi connectivity index (χ4n) is 4.01. The predicted molar refractivity (Wildman–Crippen MR) is 165 cm³/mol. The Labute approximate surface area is 262 Å². The molecule has 2 atom stereocenters. The molecule has 2 aliphatic heterocycles. The average Bonchev–Trinajstić information content (AvgIpc) is 3.55. The number of amides is 2. The first kappa shape index (κ1) is 34.6. The Morgan fingerprint density at radius 1 is 0.682 bits per heavy atom. The van der Waals surface area contributed by atoms with Crippen LogP contribution in [0.2, 0.25) is 0 Å². The Hall–Kier alpha value is -3.92. The minimum Gasteiger partial charge on any atom is -0.467 e. The summed E-state index contributed by atoms with van der Waals surface area (Å²) < 4.78 is 22.3. The van der Waals surface area contributed by atoms with E-state index in [1.165, 1.54) is 59.0 Å². The molecule has 4 rings (SSSR count). The lowest BCUT2D eigenvalue weighted by molar-refractivity contribution is -0.144. The van der Waals surface area contributed by atoms with E-state index >= 15 is 0 Å². The summed E-state index contributed by atoms with van der Waals surface area (Å²) in [6.07, 6.45) is -1.43. The van der Waals surface area contributed by atoms with Crippen molar-refractivity contribution in [3.63, 3.8) is 0 Å². The summed E-state index contributed by atoms with van der Waals surface area (Å²) in [5.74, 6) is -0.110. The minimum absolute atomic E-state index is 0.0643. The number of methoxy groups -OCH3 is 2. The zero-order valence-electron chi connectivity index (χ0n) is 25.7. The average molecular weight is 653 g/mol. The smallest absolute Gasteiger partial charge is 0.412 e. The summed E-state index contributed by atoms with van der Waals surface area (Å²) in [5.41, 5.74) is -2.11. The number of nitrogens with zero attached hydrogens (tertiary/aromatic N) is 2. The molecule has 0 aliphatic carbocycles. The van der Waals surface area contributed by atoms with Crippen molar-refractivity contribution in [1.82, 2.24) is 9.13 Å². The summed E-state index contributed by atoms with van der Waals surface area (Å²) in [6.45, 7) is 10.4. The van der Waals surface area contributed by atoms with Gasteiger partial charge in [-0.15, -0.1) is 23.5 Å². The normalized spacial score (nSPS) is 16.8. The molecule has 14 nitrogen and oxygen atoms in total. The van der Waals surface area contributed by atoms with Crippen LogP contribution >= 0.6 is 23.5 Å². The van der Waals surface area contributed by atoms with Crippen molar-refractivity contribution in [1.29, 1.82) is 0 Å². The first-order valence-corrected chi connectivity index (χ1v) is 15.3. The number of carbonyl (C=O) groups excluding carboxylic acids is 4. The number of rotatable bonds is 4. The highest BCUT2D eigenvalue weighted by molar-refractivity contribution is 7.99. The van der Waals surface area contributed by atoms with E-state index in [1.807, 2.05) is 0 Å². The van der Waals surface area contributed by atoms with Crippen LogP contribution < -0.4 is 21.8 Å². The third-order valence-electron chi connectivity index (χ3n) is 5.78. The lowest BCUT2D eigenvalue weighted by Crippen LogP contribution is -2.33. The van der Waals surface area contributed by atoms with Gasteiger partial charge in [-0.25, -0.2) is 19.2 Å². The van der Waals surface area contributed by atoms with E-state index in [-0.39, 0.29) is 11.4 Å². The number of thioether (sulfide) groups is 2. The highest BCUT2D eigenvalue weighted by Crippen LogP contribution is 2.34. The molecule has 0 fully saturated rings. The van der Waals surface area contributed by atoms with Crippen LogP contribution in [-0.2, 0) is 28.5 Å². The first-order chi connectivity index (χ1) is 20.5. The van der Waals surface area contributed by atoms with E-state index in [9.17, 15) is 28.8 Å². The van der Waals surface area contributed by atoms with Crippen LogP contribution in [0.5, 0.6) is 0 Å². The maximum Gasteiger partial charge on any atom is 0.412 e. The van der Waals surface area contributed by atoms with Crippen LogP contribution in [-0.4, -0.2) is 70.2 Å². The van der Waals surface area contributed by atoms with Crippen LogP contribution in [0.1, 0.15) is 53.6 Å². The number of ether oxygens (including phenoxy) is 4. The monoisotopic (exact) mass is 652 g/mol. The van der Waals surface area contributed by atoms with Crippen molar-refractivity contribution in [2.45, 2.75) is 74.9 Å². The Morgan fingerprint density at radius 2 is 1.02 bits per heavy atom. The fourth-order valence-corrected chi connectivity index (χ4v) is 6.27. The molecule has 0 bridgehead atoms. The van der Waals surface area contributed by atoms with Gasteiger partial charge >= 0.3 is 24.1 Å². The molecule has 0 saturated carbocycles. The molecular weight excluding hydrogens is 616 g/mol. The summed E-state index contributed by atoms with van der Waals surface area (Å²) in [4.78, 5) is 72.0. The third kappa shape index (κ3) is 8.59. The lowest BCUT2D eigenvalue weighted by atomic mass is 10.2. The van der Waals surface area contributed by atoms with Gasteiger partial charge < -0.3 is 18.9 Å². The molecule has 2 N–H and O–H groups in total.